The molecule has 118 valence electrons. The summed E-state index contributed by atoms with van der Waals surface area (Å²) in [6, 6.07) is 0. The van der Waals surface area contributed by atoms with E-state index < -0.39 is 0 Å². The molecule has 2 N–H and O–H groups in total. The fraction of sp³-hybridized carbons (Fsp3) is 0.933. The zero-order valence-electron chi connectivity index (χ0n) is 12.7. The van der Waals surface area contributed by atoms with Crippen LogP contribution in [0.3, 0.4) is 0 Å². The van der Waals surface area contributed by atoms with Crippen LogP contribution in [0, 0.1) is 5.41 Å². The quantitative estimate of drug-likeness (QED) is 0.819. The number of carbonyl (C=O) groups is 1. The van der Waals surface area contributed by atoms with Gasteiger partial charge in [0.05, 0.1) is 12.2 Å². The molecule has 2 unspecified atom stereocenters. The van der Waals surface area contributed by atoms with Gasteiger partial charge in [-0.25, -0.2) is 0 Å². The minimum Gasteiger partial charge on any atom is -0.375 e. The van der Waals surface area contributed by atoms with Crippen LogP contribution in [-0.4, -0.2) is 37.7 Å². The standard InChI is InChI=1S/C15H28N2O2.ClH/c1-12-3-4-13(19-12)5-6-14(18)17-11-15(2)7-9-16-10-8-15;/h12-13,16H,3-11H2,1-2H3,(H,17,18);1H. The molecule has 5 heteroatoms. The smallest absolute Gasteiger partial charge is 0.220 e. The topological polar surface area (TPSA) is 50.4 Å². The normalized spacial score (nSPS) is 28.7. The van der Waals surface area contributed by atoms with Crippen LogP contribution in [0.1, 0.15) is 52.4 Å². The maximum absolute atomic E-state index is 11.9. The van der Waals surface area contributed by atoms with Crippen molar-refractivity contribution in [3.8, 4) is 0 Å². The van der Waals surface area contributed by atoms with Crippen LogP contribution in [0.2, 0.25) is 0 Å². The van der Waals surface area contributed by atoms with Gasteiger partial charge in [0.15, 0.2) is 0 Å². The Bertz CT molecular complexity index is 306. The van der Waals surface area contributed by atoms with E-state index in [-0.39, 0.29) is 23.7 Å². The molecule has 2 fully saturated rings. The number of hydrogen-bond donors (Lipinski definition) is 2. The van der Waals surface area contributed by atoms with Crippen molar-refractivity contribution in [1.82, 2.24) is 10.6 Å². The van der Waals surface area contributed by atoms with Crippen molar-refractivity contribution in [1.29, 1.82) is 0 Å². The van der Waals surface area contributed by atoms with Gasteiger partial charge in [-0.3, -0.25) is 4.79 Å². The maximum Gasteiger partial charge on any atom is 0.220 e. The summed E-state index contributed by atoms with van der Waals surface area (Å²) in [6.45, 7) is 7.34. The number of nitrogens with one attached hydrogen (secondary N) is 2. The Labute approximate surface area is 128 Å². The number of ether oxygens (including phenoxy) is 1. The second-order valence-corrected chi connectivity index (χ2v) is 6.52. The van der Waals surface area contributed by atoms with Gasteiger partial charge >= 0.3 is 0 Å². The average molecular weight is 305 g/mol. The zero-order chi connectivity index (χ0) is 13.7. The van der Waals surface area contributed by atoms with E-state index in [0.717, 1.165) is 51.7 Å². The highest BCUT2D eigenvalue weighted by atomic mass is 35.5. The SMILES string of the molecule is CC1CCC(CCC(=O)NCC2(C)CCNCC2)O1.Cl. The summed E-state index contributed by atoms with van der Waals surface area (Å²) in [5.41, 5.74) is 0.277. The summed E-state index contributed by atoms with van der Waals surface area (Å²) >= 11 is 0. The minimum absolute atomic E-state index is 0. The Kier molecular flexibility index (Phi) is 7.27. The Hall–Kier alpha value is -0.320. The lowest BCUT2D eigenvalue weighted by atomic mass is 9.81. The van der Waals surface area contributed by atoms with Gasteiger partial charge in [-0.1, -0.05) is 6.92 Å². The highest BCUT2D eigenvalue weighted by Crippen LogP contribution is 2.27. The summed E-state index contributed by atoms with van der Waals surface area (Å²) in [4.78, 5) is 11.9. The molecule has 4 nitrogen and oxygen atoms in total. The van der Waals surface area contributed by atoms with Crippen molar-refractivity contribution in [2.45, 2.75) is 64.6 Å². The third-order valence-corrected chi connectivity index (χ3v) is 4.54. The van der Waals surface area contributed by atoms with Gasteiger partial charge in [0.25, 0.3) is 0 Å². The number of piperidine rings is 1. The van der Waals surface area contributed by atoms with E-state index >= 15 is 0 Å². The first-order valence-corrected chi connectivity index (χ1v) is 7.70. The lowest BCUT2D eigenvalue weighted by Crippen LogP contribution is -2.42. The molecule has 2 aliphatic heterocycles. The van der Waals surface area contributed by atoms with E-state index in [0.29, 0.717) is 18.6 Å². The first-order chi connectivity index (χ1) is 9.07. The van der Waals surface area contributed by atoms with Crippen LogP contribution < -0.4 is 10.6 Å². The highest BCUT2D eigenvalue weighted by molar-refractivity contribution is 5.85. The Balaban J connectivity index is 0.00000200. The zero-order valence-corrected chi connectivity index (χ0v) is 13.6. The largest absolute Gasteiger partial charge is 0.375 e. The van der Waals surface area contributed by atoms with Crippen LogP contribution in [0.25, 0.3) is 0 Å². The van der Waals surface area contributed by atoms with Crippen molar-refractivity contribution in [2.75, 3.05) is 19.6 Å². The van der Waals surface area contributed by atoms with E-state index in [1.165, 1.54) is 0 Å². The maximum atomic E-state index is 11.9. The molecule has 0 spiro atoms. The summed E-state index contributed by atoms with van der Waals surface area (Å²) in [5.74, 6) is 0.183. The van der Waals surface area contributed by atoms with E-state index in [1.807, 2.05) is 0 Å². The van der Waals surface area contributed by atoms with Crippen LogP contribution >= 0.6 is 12.4 Å². The molecule has 0 aromatic heterocycles. The van der Waals surface area contributed by atoms with Crippen LogP contribution in [0.4, 0.5) is 0 Å². The fourth-order valence-corrected chi connectivity index (χ4v) is 3.00. The molecule has 0 aromatic rings. The Morgan fingerprint density at radius 2 is 2.05 bits per heavy atom. The molecular weight excluding hydrogens is 276 g/mol. The van der Waals surface area contributed by atoms with E-state index in [9.17, 15) is 4.79 Å². The average Bonchev–Trinajstić information content (AvgIpc) is 2.81. The molecule has 2 aliphatic rings. The van der Waals surface area contributed by atoms with Crippen LogP contribution in [0.5, 0.6) is 0 Å². The van der Waals surface area contributed by atoms with E-state index in [4.69, 9.17) is 4.74 Å². The molecule has 2 heterocycles. The number of halogens is 1. The molecular formula is C15H29ClN2O2. The molecule has 2 atom stereocenters. The van der Waals surface area contributed by atoms with Crippen molar-refractivity contribution < 1.29 is 9.53 Å². The molecule has 20 heavy (non-hydrogen) atoms. The minimum atomic E-state index is 0. The lowest BCUT2D eigenvalue weighted by molar-refractivity contribution is -0.122. The van der Waals surface area contributed by atoms with Crippen LogP contribution in [-0.2, 0) is 9.53 Å². The van der Waals surface area contributed by atoms with Gasteiger partial charge in [-0.15, -0.1) is 12.4 Å². The van der Waals surface area contributed by atoms with Gasteiger partial charge in [0, 0.05) is 13.0 Å². The van der Waals surface area contributed by atoms with E-state index in [2.05, 4.69) is 24.5 Å². The molecule has 2 rings (SSSR count). The van der Waals surface area contributed by atoms with Gasteiger partial charge < -0.3 is 15.4 Å². The molecule has 1 amide bonds. The molecule has 0 bridgehead atoms. The van der Waals surface area contributed by atoms with Crippen molar-refractivity contribution in [3.63, 3.8) is 0 Å². The number of carbonyl (C=O) groups excluding carboxylic acids is 1. The lowest BCUT2D eigenvalue weighted by Gasteiger charge is -2.34. The van der Waals surface area contributed by atoms with Crippen molar-refractivity contribution in [3.05, 3.63) is 0 Å². The third kappa shape index (κ3) is 5.58. The Morgan fingerprint density at radius 3 is 2.65 bits per heavy atom. The summed E-state index contributed by atoms with van der Waals surface area (Å²) in [5, 5.41) is 6.47. The van der Waals surface area contributed by atoms with Gasteiger partial charge in [-0.2, -0.15) is 0 Å². The second-order valence-electron chi connectivity index (χ2n) is 6.52. The molecule has 0 saturated carbocycles. The van der Waals surface area contributed by atoms with Crippen molar-refractivity contribution in [2.24, 2.45) is 5.41 Å². The van der Waals surface area contributed by atoms with E-state index in [1.54, 1.807) is 0 Å². The van der Waals surface area contributed by atoms with Gasteiger partial charge in [0.1, 0.15) is 0 Å². The molecule has 0 radical (unpaired) electrons. The number of rotatable bonds is 5. The summed E-state index contributed by atoms with van der Waals surface area (Å²) < 4.78 is 5.74. The van der Waals surface area contributed by atoms with Crippen molar-refractivity contribution >= 4 is 18.3 Å². The Morgan fingerprint density at radius 1 is 1.35 bits per heavy atom. The monoisotopic (exact) mass is 304 g/mol. The first-order valence-electron chi connectivity index (χ1n) is 7.70. The molecule has 2 saturated heterocycles. The van der Waals surface area contributed by atoms with Crippen LogP contribution in [0.15, 0.2) is 0 Å². The fourth-order valence-electron chi connectivity index (χ4n) is 3.00. The molecule has 0 aromatic carbocycles. The number of amides is 1. The molecule has 0 aliphatic carbocycles. The predicted octanol–water partition coefficient (Wildman–Crippen LogP) is 2.26. The number of hydrogen-bond acceptors (Lipinski definition) is 3. The van der Waals surface area contributed by atoms with Gasteiger partial charge in [0.2, 0.25) is 5.91 Å². The predicted molar refractivity (Wildman–Crippen MR) is 83.3 cm³/mol. The summed E-state index contributed by atoms with van der Waals surface area (Å²) in [7, 11) is 0. The van der Waals surface area contributed by atoms with Gasteiger partial charge in [-0.05, 0) is 57.5 Å². The summed E-state index contributed by atoms with van der Waals surface area (Å²) in [6.07, 6.45) is 6.69. The highest BCUT2D eigenvalue weighted by Gasteiger charge is 2.27. The third-order valence-electron chi connectivity index (χ3n) is 4.54. The first kappa shape index (κ1) is 17.7. The second kappa shape index (κ2) is 8.20.